The highest BCUT2D eigenvalue weighted by molar-refractivity contribution is 7.09. The highest BCUT2D eigenvalue weighted by Gasteiger charge is 2.23. The molecule has 0 bridgehead atoms. The van der Waals surface area contributed by atoms with E-state index in [-0.39, 0.29) is 6.10 Å². The number of likely N-dealkylation sites (tertiary alicyclic amines) is 1. The van der Waals surface area contributed by atoms with Crippen molar-refractivity contribution in [3.63, 3.8) is 0 Å². The van der Waals surface area contributed by atoms with Crippen LogP contribution in [-0.4, -0.2) is 34.2 Å². The molecule has 3 nitrogen and oxygen atoms in total. The van der Waals surface area contributed by atoms with E-state index in [9.17, 15) is 5.11 Å². The first-order valence-electron chi connectivity index (χ1n) is 5.96. The molecule has 0 aliphatic carbocycles. The van der Waals surface area contributed by atoms with Gasteiger partial charge in [-0.25, -0.2) is 4.98 Å². The van der Waals surface area contributed by atoms with Crippen molar-refractivity contribution >= 4 is 11.3 Å². The van der Waals surface area contributed by atoms with E-state index >= 15 is 0 Å². The van der Waals surface area contributed by atoms with Crippen LogP contribution in [0.5, 0.6) is 0 Å². The number of nitrogens with zero attached hydrogens (tertiary/aromatic N) is 2. The van der Waals surface area contributed by atoms with Gasteiger partial charge in [0, 0.05) is 18.0 Å². The maximum Gasteiger partial charge on any atom is 0.0798 e. The molecule has 90 valence electrons. The summed E-state index contributed by atoms with van der Waals surface area (Å²) in [5.74, 6) is 0.446. The molecule has 1 aromatic rings. The predicted octanol–water partition coefficient (Wildman–Crippen LogP) is 2.04. The number of aliphatic hydroxyl groups is 1. The van der Waals surface area contributed by atoms with Crippen LogP contribution in [0.25, 0.3) is 0 Å². The predicted molar refractivity (Wildman–Crippen MR) is 66.5 cm³/mol. The molecule has 1 aromatic heterocycles. The lowest BCUT2D eigenvalue weighted by molar-refractivity contribution is 0.0602. The number of aliphatic hydroxyl groups excluding tert-OH is 1. The van der Waals surface area contributed by atoms with Crippen LogP contribution >= 0.6 is 11.3 Å². The fourth-order valence-corrected chi connectivity index (χ4v) is 3.13. The molecule has 1 aliphatic heterocycles. The summed E-state index contributed by atoms with van der Waals surface area (Å²) in [7, 11) is 0. The summed E-state index contributed by atoms with van der Waals surface area (Å²) in [4.78, 5) is 8.09. The molecule has 4 heteroatoms. The van der Waals surface area contributed by atoms with Crippen LogP contribution in [0.3, 0.4) is 0 Å². The third kappa shape index (κ3) is 2.81. The van der Waals surface area contributed by atoms with E-state index in [0.29, 0.717) is 5.92 Å². The number of rotatable bonds is 3. The van der Waals surface area contributed by atoms with Crippen molar-refractivity contribution in [1.82, 2.24) is 9.88 Å². The summed E-state index contributed by atoms with van der Waals surface area (Å²) in [6, 6.07) is 0. The number of hydrogen-bond acceptors (Lipinski definition) is 4. The summed E-state index contributed by atoms with van der Waals surface area (Å²) in [6.45, 7) is 7.16. The Bertz CT molecular complexity index is 338. The highest BCUT2D eigenvalue weighted by atomic mass is 32.1. The molecule has 2 unspecified atom stereocenters. The third-order valence-electron chi connectivity index (χ3n) is 3.44. The maximum absolute atomic E-state index is 9.64. The Labute approximate surface area is 101 Å². The molecule has 0 amide bonds. The number of aromatic nitrogens is 1. The van der Waals surface area contributed by atoms with E-state index < -0.39 is 0 Å². The van der Waals surface area contributed by atoms with E-state index in [1.54, 1.807) is 11.3 Å². The summed E-state index contributed by atoms with van der Waals surface area (Å²) in [6.07, 6.45) is 2.19. The van der Waals surface area contributed by atoms with E-state index in [4.69, 9.17) is 0 Å². The van der Waals surface area contributed by atoms with Crippen LogP contribution in [0.4, 0.5) is 0 Å². The lowest BCUT2D eigenvalue weighted by Gasteiger charge is -2.33. The van der Waals surface area contributed by atoms with Crippen molar-refractivity contribution in [1.29, 1.82) is 0 Å². The van der Waals surface area contributed by atoms with Crippen molar-refractivity contribution in [2.24, 2.45) is 5.92 Å². The monoisotopic (exact) mass is 240 g/mol. The second kappa shape index (κ2) is 5.25. The molecular weight excluding hydrogens is 220 g/mol. The summed E-state index contributed by atoms with van der Waals surface area (Å²) < 4.78 is 0. The van der Waals surface area contributed by atoms with E-state index in [1.165, 1.54) is 11.3 Å². The van der Waals surface area contributed by atoms with Gasteiger partial charge in [-0.3, -0.25) is 4.90 Å². The SMILES string of the molecule is Cc1ncsc1CN1CCCC(C(C)O)C1. The van der Waals surface area contributed by atoms with Gasteiger partial charge in [-0.2, -0.15) is 0 Å². The van der Waals surface area contributed by atoms with Gasteiger partial charge in [0.15, 0.2) is 0 Å². The number of hydrogen-bond donors (Lipinski definition) is 1. The van der Waals surface area contributed by atoms with Crippen molar-refractivity contribution in [3.05, 3.63) is 16.1 Å². The second-order valence-electron chi connectivity index (χ2n) is 4.74. The average molecular weight is 240 g/mol. The highest BCUT2D eigenvalue weighted by Crippen LogP contribution is 2.23. The Kier molecular flexibility index (Phi) is 3.95. The molecule has 16 heavy (non-hydrogen) atoms. The van der Waals surface area contributed by atoms with Crippen LogP contribution in [0.1, 0.15) is 30.3 Å². The van der Waals surface area contributed by atoms with Crippen molar-refractivity contribution in [3.8, 4) is 0 Å². The minimum atomic E-state index is -0.176. The molecule has 1 saturated heterocycles. The standard InChI is InChI=1S/C12H20N2OS/c1-9-12(16-8-13-9)7-14-5-3-4-11(6-14)10(2)15/h8,10-11,15H,3-7H2,1-2H3. The zero-order chi connectivity index (χ0) is 11.5. The van der Waals surface area contributed by atoms with E-state index in [2.05, 4.69) is 16.8 Å². The van der Waals surface area contributed by atoms with E-state index in [0.717, 1.165) is 31.7 Å². The van der Waals surface area contributed by atoms with Gasteiger partial charge >= 0.3 is 0 Å². The zero-order valence-corrected chi connectivity index (χ0v) is 10.8. The molecule has 0 radical (unpaired) electrons. The molecule has 2 rings (SSSR count). The molecule has 1 fully saturated rings. The van der Waals surface area contributed by atoms with Crippen LogP contribution in [0.2, 0.25) is 0 Å². The number of piperidine rings is 1. The van der Waals surface area contributed by atoms with Gasteiger partial charge in [0.1, 0.15) is 0 Å². The first kappa shape index (κ1) is 12.0. The van der Waals surface area contributed by atoms with Gasteiger partial charge in [-0.05, 0) is 39.2 Å². The molecule has 2 atom stereocenters. The van der Waals surface area contributed by atoms with Crippen LogP contribution in [0, 0.1) is 12.8 Å². The van der Waals surface area contributed by atoms with Gasteiger partial charge in [-0.1, -0.05) is 0 Å². The Balaban J connectivity index is 1.93. The van der Waals surface area contributed by atoms with Gasteiger partial charge in [0.25, 0.3) is 0 Å². The molecule has 0 saturated carbocycles. The van der Waals surface area contributed by atoms with Gasteiger partial charge < -0.3 is 5.11 Å². The Morgan fingerprint density at radius 1 is 1.69 bits per heavy atom. The number of thiazole rings is 1. The van der Waals surface area contributed by atoms with Gasteiger partial charge in [0.05, 0.1) is 17.3 Å². The van der Waals surface area contributed by atoms with Crippen LogP contribution < -0.4 is 0 Å². The summed E-state index contributed by atoms with van der Waals surface area (Å²) in [5.41, 5.74) is 3.07. The van der Waals surface area contributed by atoms with Crippen molar-refractivity contribution in [2.75, 3.05) is 13.1 Å². The first-order valence-corrected chi connectivity index (χ1v) is 6.84. The lowest BCUT2D eigenvalue weighted by Crippen LogP contribution is -2.38. The lowest BCUT2D eigenvalue weighted by atomic mass is 9.93. The van der Waals surface area contributed by atoms with Crippen LogP contribution in [0.15, 0.2) is 5.51 Å². The third-order valence-corrected chi connectivity index (χ3v) is 4.36. The fraction of sp³-hybridized carbons (Fsp3) is 0.750. The Hall–Kier alpha value is -0.450. The molecule has 1 N–H and O–H groups in total. The molecule has 1 aliphatic rings. The number of aryl methyl sites for hydroxylation is 1. The minimum Gasteiger partial charge on any atom is -0.393 e. The molecule has 2 heterocycles. The fourth-order valence-electron chi connectivity index (χ4n) is 2.31. The van der Waals surface area contributed by atoms with E-state index in [1.807, 2.05) is 12.4 Å². The second-order valence-corrected chi connectivity index (χ2v) is 5.68. The minimum absolute atomic E-state index is 0.176. The normalized spacial score (nSPS) is 24.6. The van der Waals surface area contributed by atoms with Crippen molar-refractivity contribution in [2.45, 2.75) is 39.3 Å². The molecular formula is C12H20N2OS. The molecule has 0 aromatic carbocycles. The maximum atomic E-state index is 9.64. The van der Waals surface area contributed by atoms with Gasteiger partial charge in [0.2, 0.25) is 0 Å². The Morgan fingerprint density at radius 3 is 3.12 bits per heavy atom. The summed E-state index contributed by atoms with van der Waals surface area (Å²) >= 11 is 1.74. The van der Waals surface area contributed by atoms with Crippen LogP contribution in [-0.2, 0) is 6.54 Å². The topological polar surface area (TPSA) is 36.4 Å². The van der Waals surface area contributed by atoms with Crippen molar-refractivity contribution < 1.29 is 5.11 Å². The molecule has 0 spiro atoms. The largest absolute Gasteiger partial charge is 0.393 e. The smallest absolute Gasteiger partial charge is 0.0798 e. The quantitative estimate of drug-likeness (QED) is 0.878. The zero-order valence-electron chi connectivity index (χ0n) is 10.0. The summed E-state index contributed by atoms with van der Waals surface area (Å²) in [5, 5.41) is 9.64. The first-order chi connectivity index (χ1) is 7.66. The Morgan fingerprint density at radius 2 is 2.50 bits per heavy atom. The average Bonchev–Trinajstić information content (AvgIpc) is 2.65. The van der Waals surface area contributed by atoms with Gasteiger partial charge in [-0.15, -0.1) is 11.3 Å².